The van der Waals surface area contributed by atoms with Gasteiger partial charge >= 0.3 is 6.09 Å². The number of alkyl carbamates (subject to hydrolysis) is 1. The fourth-order valence-electron chi connectivity index (χ4n) is 5.12. The first-order valence-electron chi connectivity index (χ1n) is 11.6. The number of rotatable bonds is 6. The molecule has 2 aliphatic rings. The van der Waals surface area contributed by atoms with E-state index in [1.165, 1.54) is 37.5 Å². The number of H-pyrrole nitrogens is 1. The van der Waals surface area contributed by atoms with Crippen LogP contribution in [0.15, 0.2) is 28.7 Å². The van der Waals surface area contributed by atoms with Crippen molar-refractivity contribution in [3.05, 3.63) is 45.6 Å². The van der Waals surface area contributed by atoms with Gasteiger partial charge in [-0.25, -0.2) is 4.79 Å². The Labute approximate surface area is 203 Å². The van der Waals surface area contributed by atoms with Crippen molar-refractivity contribution in [1.29, 1.82) is 0 Å². The van der Waals surface area contributed by atoms with Crippen molar-refractivity contribution in [1.82, 2.24) is 15.2 Å². The third kappa shape index (κ3) is 4.82. The molecule has 7 nitrogen and oxygen atoms in total. The highest BCUT2D eigenvalue weighted by molar-refractivity contribution is 9.10. The van der Waals surface area contributed by atoms with Gasteiger partial charge in [-0.15, -0.1) is 0 Å². The van der Waals surface area contributed by atoms with Gasteiger partial charge in [0, 0.05) is 29.5 Å². The van der Waals surface area contributed by atoms with E-state index < -0.39 is 18.2 Å². The molecule has 1 aromatic heterocycles. The Morgan fingerprint density at radius 2 is 1.82 bits per heavy atom. The molecule has 1 aromatic carbocycles. The van der Waals surface area contributed by atoms with Crippen LogP contribution in [-0.4, -0.2) is 54.8 Å². The van der Waals surface area contributed by atoms with E-state index in [0.717, 1.165) is 47.8 Å². The van der Waals surface area contributed by atoms with Crippen molar-refractivity contribution in [2.24, 2.45) is 0 Å². The lowest BCUT2D eigenvalue weighted by Gasteiger charge is -2.31. The van der Waals surface area contributed by atoms with Crippen LogP contribution >= 0.6 is 15.9 Å². The highest BCUT2D eigenvalue weighted by Crippen LogP contribution is 2.41. The number of ether oxygens (including phenoxy) is 2. The van der Waals surface area contributed by atoms with E-state index in [-0.39, 0.29) is 11.9 Å². The first-order chi connectivity index (χ1) is 15.9. The van der Waals surface area contributed by atoms with Gasteiger partial charge in [0.15, 0.2) is 0 Å². The van der Waals surface area contributed by atoms with Gasteiger partial charge in [-0.3, -0.25) is 4.79 Å². The fraction of sp³-hybridized carbons (Fsp3) is 0.520. The number of hydrogen-bond acceptors (Lipinski definition) is 4. The maximum absolute atomic E-state index is 13.6. The van der Waals surface area contributed by atoms with Crippen LogP contribution in [0.4, 0.5) is 4.79 Å². The molecule has 1 aliphatic carbocycles. The second-order valence-electron chi connectivity index (χ2n) is 8.83. The van der Waals surface area contributed by atoms with E-state index in [1.807, 2.05) is 4.90 Å². The van der Waals surface area contributed by atoms with Crippen molar-refractivity contribution in [2.75, 3.05) is 20.8 Å². The Kier molecular flexibility index (Phi) is 7.44. The normalized spacial score (nSPS) is 19.6. The molecular weight excluding hydrogens is 486 g/mol. The maximum atomic E-state index is 13.6. The van der Waals surface area contributed by atoms with Gasteiger partial charge in [0.1, 0.15) is 6.04 Å². The minimum Gasteiger partial charge on any atom is -0.453 e. The Hall–Kier alpha value is -2.32. The van der Waals surface area contributed by atoms with Crippen LogP contribution in [0.25, 0.3) is 11.3 Å². The van der Waals surface area contributed by atoms with E-state index in [2.05, 4.69) is 50.5 Å². The van der Waals surface area contributed by atoms with Crippen molar-refractivity contribution < 1.29 is 19.1 Å². The van der Waals surface area contributed by atoms with Crippen LogP contribution in [0, 0.1) is 0 Å². The summed E-state index contributed by atoms with van der Waals surface area (Å²) in [4.78, 5) is 31.2. The number of hydrogen-bond donors (Lipinski definition) is 2. The second kappa shape index (κ2) is 10.3. The molecule has 1 saturated heterocycles. The van der Waals surface area contributed by atoms with Crippen molar-refractivity contribution in [2.45, 2.75) is 63.6 Å². The SMILES string of the molecule is COC(=O)NC(C(=O)N1CCCC1c1[nH]c(-c2ccc(Br)cc2)c2c1CCCC2)C(C)OC. The topological polar surface area (TPSA) is 83.7 Å². The number of aromatic nitrogens is 1. The molecule has 0 saturated carbocycles. The second-order valence-corrected chi connectivity index (χ2v) is 9.74. The first-order valence-corrected chi connectivity index (χ1v) is 12.4. The number of aromatic amines is 1. The zero-order valence-corrected chi connectivity index (χ0v) is 21.0. The number of carbonyl (C=O) groups excluding carboxylic acids is 2. The van der Waals surface area contributed by atoms with Gasteiger partial charge < -0.3 is 24.7 Å². The molecule has 0 radical (unpaired) electrons. The standard InChI is InChI=1S/C25H32BrN3O4/c1-15(32-2)21(28-25(31)33-3)24(30)29-14-6-9-20(29)23-19-8-5-4-7-18(19)22(27-23)16-10-12-17(26)13-11-16/h10-13,15,20-21,27H,4-9,14H2,1-3H3,(H,28,31). The van der Waals surface area contributed by atoms with Crippen LogP contribution in [0.1, 0.15) is 55.5 Å². The Morgan fingerprint density at radius 1 is 1.12 bits per heavy atom. The summed E-state index contributed by atoms with van der Waals surface area (Å²) >= 11 is 3.53. The molecule has 0 spiro atoms. The molecule has 3 atom stereocenters. The number of methoxy groups -OCH3 is 2. The van der Waals surface area contributed by atoms with Gasteiger partial charge in [-0.2, -0.15) is 0 Å². The highest BCUT2D eigenvalue weighted by atomic mass is 79.9. The summed E-state index contributed by atoms with van der Waals surface area (Å²) in [6.45, 7) is 2.44. The summed E-state index contributed by atoms with van der Waals surface area (Å²) in [6.07, 6.45) is 5.11. The largest absolute Gasteiger partial charge is 0.453 e. The van der Waals surface area contributed by atoms with E-state index in [9.17, 15) is 9.59 Å². The summed E-state index contributed by atoms with van der Waals surface area (Å²) in [7, 11) is 2.83. The van der Waals surface area contributed by atoms with E-state index in [1.54, 1.807) is 6.92 Å². The summed E-state index contributed by atoms with van der Waals surface area (Å²) in [5.41, 5.74) is 6.22. The first kappa shape index (κ1) is 23.8. The molecule has 2 aromatic rings. The lowest BCUT2D eigenvalue weighted by molar-refractivity contribution is -0.137. The lowest BCUT2D eigenvalue weighted by Crippen LogP contribution is -2.54. The van der Waals surface area contributed by atoms with E-state index >= 15 is 0 Å². The number of halogens is 1. The summed E-state index contributed by atoms with van der Waals surface area (Å²) in [5, 5.41) is 2.67. The molecule has 2 heterocycles. The van der Waals surface area contributed by atoms with Gasteiger partial charge in [-0.1, -0.05) is 28.1 Å². The van der Waals surface area contributed by atoms with Crippen LogP contribution in [0.2, 0.25) is 0 Å². The van der Waals surface area contributed by atoms with E-state index in [0.29, 0.717) is 6.54 Å². The average Bonchev–Trinajstić information content (AvgIpc) is 3.47. The Morgan fingerprint density at radius 3 is 2.48 bits per heavy atom. The fourth-order valence-corrected chi connectivity index (χ4v) is 5.39. The summed E-state index contributed by atoms with van der Waals surface area (Å²) < 4.78 is 11.2. The molecule has 1 fully saturated rings. The molecule has 3 unspecified atom stereocenters. The van der Waals surface area contributed by atoms with Gasteiger partial charge in [0.25, 0.3) is 0 Å². The van der Waals surface area contributed by atoms with E-state index in [4.69, 9.17) is 9.47 Å². The zero-order valence-electron chi connectivity index (χ0n) is 19.4. The molecule has 0 bridgehead atoms. The number of amides is 2. The minimum absolute atomic E-state index is 0.0421. The van der Waals surface area contributed by atoms with Crippen LogP contribution in [0.5, 0.6) is 0 Å². The lowest BCUT2D eigenvalue weighted by atomic mass is 9.89. The van der Waals surface area contributed by atoms with Gasteiger partial charge in [-0.05, 0) is 74.3 Å². The van der Waals surface area contributed by atoms with Crippen molar-refractivity contribution in [3.8, 4) is 11.3 Å². The third-order valence-electron chi connectivity index (χ3n) is 6.92. The molecule has 2 amide bonds. The monoisotopic (exact) mass is 517 g/mol. The quantitative estimate of drug-likeness (QED) is 0.579. The molecule has 178 valence electrons. The van der Waals surface area contributed by atoms with Gasteiger partial charge in [0.05, 0.1) is 19.3 Å². The number of nitrogens with zero attached hydrogens (tertiary/aromatic N) is 1. The highest BCUT2D eigenvalue weighted by Gasteiger charge is 2.39. The Balaban J connectivity index is 1.68. The summed E-state index contributed by atoms with van der Waals surface area (Å²) in [6, 6.07) is 7.53. The number of carbonyl (C=O) groups is 2. The number of likely N-dealkylation sites (tertiary alicyclic amines) is 1. The molecule has 8 heteroatoms. The summed E-state index contributed by atoms with van der Waals surface area (Å²) in [5.74, 6) is -0.137. The van der Waals surface area contributed by atoms with Gasteiger partial charge in [0.2, 0.25) is 5.91 Å². The molecule has 33 heavy (non-hydrogen) atoms. The van der Waals surface area contributed by atoms with Crippen LogP contribution in [0.3, 0.4) is 0 Å². The predicted molar refractivity (Wildman–Crippen MR) is 130 cm³/mol. The number of nitrogens with one attached hydrogen (secondary N) is 2. The van der Waals surface area contributed by atoms with Crippen LogP contribution in [-0.2, 0) is 27.1 Å². The molecular formula is C25H32BrN3O4. The Bertz CT molecular complexity index is 1000. The smallest absolute Gasteiger partial charge is 0.407 e. The third-order valence-corrected chi connectivity index (χ3v) is 7.45. The van der Waals surface area contributed by atoms with Crippen molar-refractivity contribution in [3.63, 3.8) is 0 Å². The minimum atomic E-state index is -0.806. The van der Waals surface area contributed by atoms with Crippen molar-refractivity contribution >= 4 is 27.9 Å². The zero-order chi connectivity index (χ0) is 23.5. The maximum Gasteiger partial charge on any atom is 0.407 e. The van der Waals surface area contributed by atoms with Crippen LogP contribution < -0.4 is 5.32 Å². The number of benzene rings is 1. The molecule has 2 N–H and O–H groups in total. The average molecular weight is 518 g/mol. The number of fused-ring (bicyclic) bond motifs is 1. The molecule has 1 aliphatic heterocycles. The molecule has 4 rings (SSSR count). The predicted octanol–water partition coefficient (Wildman–Crippen LogP) is 4.75.